The third kappa shape index (κ3) is 10.5. The van der Waals surface area contributed by atoms with Crippen molar-refractivity contribution < 1.29 is 28.2 Å². The number of hydrogen-bond acceptors (Lipinski definition) is 0. The van der Waals surface area contributed by atoms with E-state index in [0.29, 0.717) is 0 Å². The Hall–Kier alpha value is -1.20. The second kappa shape index (κ2) is 16.6. The van der Waals surface area contributed by atoms with Crippen LogP contribution >= 0.6 is 0 Å². The Bertz CT molecular complexity index is 494. The van der Waals surface area contributed by atoms with Gasteiger partial charge in [0.25, 0.3) is 0 Å². The van der Waals surface area contributed by atoms with Crippen molar-refractivity contribution in [3.05, 3.63) is 65.7 Å². The maximum absolute atomic E-state index is 2.25. The molecule has 2 aromatic carbocycles. The van der Waals surface area contributed by atoms with Crippen molar-refractivity contribution in [2.24, 2.45) is 0 Å². The SMILES string of the molecule is Cc1ccc([N+](C)(C)Cc2ccccc2)cc1.[F-].[F-].[F-].[F-].[F-].[F-].[Sb+3]. The van der Waals surface area contributed by atoms with Gasteiger partial charge in [-0.05, 0) is 19.1 Å². The van der Waals surface area contributed by atoms with Crippen molar-refractivity contribution in [3.8, 4) is 0 Å². The molecular formula is C16H20F6NSb-2. The van der Waals surface area contributed by atoms with E-state index in [0.717, 1.165) is 11.0 Å². The van der Waals surface area contributed by atoms with Crippen LogP contribution in [0, 0.1) is 6.92 Å². The Morgan fingerprint density at radius 1 is 0.667 bits per heavy atom. The van der Waals surface area contributed by atoms with Crippen LogP contribution in [0.1, 0.15) is 11.1 Å². The Balaban J connectivity index is -0.000000116. The summed E-state index contributed by atoms with van der Waals surface area (Å²) in [6.45, 7) is 3.14. The molecule has 2 aromatic rings. The van der Waals surface area contributed by atoms with Gasteiger partial charge in [0.1, 0.15) is 12.2 Å². The Morgan fingerprint density at radius 3 is 1.50 bits per heavy atom. The van der Waals surface area contributed by atoms with Crippen LogP contribution in [0.15, 0.2) is 54.6 Å². The molecule has 1 nitrogen and oxygen atoms in total. The van der Waals surface area contributed by atoms with Gasteiger partial charge >= 0.3 is 24.4 Å². The smallest absolute Gasteiger partial charge is 1.00 e. The molecule has 0 atom stereocenters. The second-order valence-electron chi connectivity index (χ2n) is 5.16. The molecule has 8 heteroatoms. The normalized spacial score (nSPS) is 8.12. The van der Waals surface area contributed by atoms with Gasteiger partial charge in [0.05, 0.1) is 14.1 Å². The Kier molecular flexibility index (Phi) is 26.6. The van der Waals surface area contributed by atoms with Crippen LogP contribution in [0.4, 0.5) is 5.69 Å². The summed E-state index contributed by atoms with van der Waals surface area (Å²) in [5, 5.41) is 0. The fourth-order valence-corrected chi connectivity index (χ4v) is 2.08. The van der Waals surface area contributed by atoms with Gasteiger partial charge in [0, 0.05) is 5.56 Å². The third-order valence-corrected chi connectivity index (χ3v) is 3.15. The summed E-state index contributed by atoms with van der Waals surface area (Å²) in [5.74, 6) is 0. The van der Waals surface area contributed by atoms with E-state index in [2.05, 4.69) is 75.6 Å². The number of halogens is 6. The van der Waals surface area contributed by atoms with E-state index in [1.54, 1.807) is 0 Å². The molecule has 0 aliphatic rings. The molecule has 0 bridgehead atoms. The molecule has 0 N–H and O–H groups in total. The maximum atomic E-state index is 2.25. The number of rotatable bonds is 3. The van der Waals surface area contributed by atoms with Crippen molar-refractivity contribution in [3.63, 3.8) is 0 Å². The predicted octanol–water partition coefficient (Wildman–Crippen LogP) is -14.6. The Labute approximate surface area is 156 Å². The van der Waals surface area contributed by atoms with Gasteiger partial charge in [0.2, 0.25) is 0 Å². The van der Waals surface area contributed by atoms with E-state index in [4.69, 9.17) is 0 Å². The molecule has 24 heavy (non-hydrogen) atoms. The molecular weight excluding hydrogens is 442 g/mol. The van der Waals surface area contributed by atoms with E-state index in [9.17, 15) is 0 Å². The third-order valence-electron chi connectivity index (χ3n) is 3.15. The predicted molar refractivity (Wildman–Crippen MR) is 80.7 cm³/mol. The van der Waals surface area contributed by atoms with Crippen LogP contribution in [-0.2, 0) is 6.54 Å². The summed E-state index contributed by atoms with van der Waals surface area (Å²) in [4.78, 5) is 0. The van der Waals surface area contributed by atoms with Crippen molar-refractivity contribution in [2.75, 3.05) is 14.1 Å². The molecule has 0 saturated heterocycles. The zero-order valence-corrected chi connectivity index (χ0v) is 16.1. The van der Waals surface area contributed by atoms with E-state index in [1.807, 2.05) is 0 Å². The monoisotopic (exact) mass is 461 g/mol. The summed E-state index contributed by atoms with van der Waals surface area (Å²) in [6, 6.07) is 19.4. The van der Waals surface area contributed by atoms with Crippen LogP contribution in [-0.4, -0.2) is 38.5 Å². The molecule has 0 unspecified atom stereocenters. The summed E-state index contributed by atoms with van der Waals surface area (Å²) >= 11 is 0. The fourth-order valence-electron chi connectivity index (χ4n) is 2.08. The van der Waals surface area contributed by atoms with Gasteiger partial charge in [-0.2, -0.15) is 0 Å². The summed E-state index contributed by atoms with van der Waals surface area (Å²) in [6.07, 6.45) is 0. The number of nitrogens with zero attached hydrogens (tertiary/aromatic N) is 1. The van der Waals surface area contributed by atoms with E-state index >= 15 is 0 Å². The van der Waals surface area contributed by atoms with E-state index in [-0.39, 0.29) is 52.7 Å². The van der Waals surface area contributed by atoms with Gasteiger partial charge in [-0.15, -0.1) is 0 Å². The maximum Gasteiger partial charge on any atom is 3.00 e. The molecule has 138 valence electrons. The zero-order valence-electron chi connectivity index (χ0n) is 13.6. The van der Waals surface area contributed by atoms with Gasteiger partial charge in [0.15, 0.2) is 0 Å². The molecule has 0 heterocycles. The van der Waals surface area contributed by atoms with E-state index < -0.39 is 0 Å². The second-order valence-corrected chi connectivity index (χ2v) is 5.16. The van der Waals surface area contributed by atoms with Crippen LogP contribution in [0.3, 0.4) is 0 Å². The average Bonchev–Trinajstić information content (AvgIpc) is 2.30. The van der Waals surface area contributed by atoms with Gasteiger partial charge in [-0.25, -0.2) is 0 Å². The molecule has 0 saturated carbocycles. The minimum absolute atomic E-state index is 0. The van der Waals surface area contributed by atoms with Crippen molar-refractivity contribution in [1.29, 1.82) is 0 Å². The topological polar surface area (TPSA) is 0 Å². The van der Waals surface area contributed by atoms with E-state index in [1.165, 1.54) is 16.8 Å². The van der Waals surface area contributed by atoms with Crippen molar-refractivity contribution in [2.45, 2.75) is 13.5 Å². The molecule has 0 aliphatic carbocycles. The van der Waals surface area contributed by atoms with Crippen LogP contribution in [0.25, 0.3) is 0 Å². The summed E-state index contributed by atoms with van der Waals surface area (Å²) in [7, 11) is 4.50. The number of aryl methyl sites for hydroxylation is 1. The largest absolute Gasteiger partial charge is 3.00 e. The molecule has 0 aliphatic heterocycles. The molecule has 0 fully saturated rings. The van der Waals surface area contributed by atoms with Crippen molar-refractivity contribution in [1.82, 2.24) is 4.48 Å². The minimum Gasteiger partial charge on any atom is -1.00 e. The standard InChI is InChI=1S/C16H20N.6FH.Sb/c1-14-9-11-16(12-10-14)17(2,3)13-15-7-5-4-6-8-15;;;;;;;/h4-12H,13H2,1-3H3;6*1H;/q+1;;;;;;;+3/p-6. The number of hydrogen-bond donors (Lipinski definition) is 0. The van der Waals surface area contributed by atoms with Gasteiger partial charge in [-0.1, -0.05) is 48.0 Å². The first-order chi connectivity index (χ1) is 8.08. The molecule has 0 spiro atoms. The molecule has 0 aromatic heterocycles. The minimum atomic E-state index is 0. The first-order valence-corrected chi connectivity index (χ1v) is 6.02. The Morgan fingerprint density at radius 2 is 1.08 bits per heavy atom. The van der Waals surface area contributed by atoms with Gasteiger partial charge < -0.3 is 28.2 Å². The van der Waals surface area contributed by atoms with Crippen LogP contribution in [0.2, 0.25) is 0 Å². The zero-order chi connectivity index (χ0) is 12.3. The quantitative estimate of drug-likeness (QED) is 0.242. The fraction of sp³-hybridized carbons (Fsp3) is 0.250. The molecule has 2 radical (unpaired) electrons. The molecule has 2 rings (SSSR count). The summed E-state index contributed by atoms with van der Waals surface area (Å²) < 4.78 is 0.879. The number of benzene rings is 2. The first-order valence-electron chi connectivity index (χ1n) is 6.02. The average molecular weight is 462 g/mol. The van der Waals surface area contributed by atoms with Gasteiger partial charge in [-0.3, -0.25) is 4.48 Å². The van der Waals surface area contributed by atoms with Crippen LogP contribution < -0.4 is 32.7 Å². The first kappa shape index (κ1) is 38.4. The van der Waals surface area contributed by atoms with Crippen LogP contribution in [0.5, 0.6) is 0 Å². The summed E-state index contributed by atoms with van der Waals surface area (Å²) in [5.41, 5.74) is 4.03. The number of quaternary nitrogens is 1. The molecule has 0 amide bonds. The van der Waals surface area contributed by atoms with Crippen molar-refractivity contribution >= 4 is 30.1 Å².